The minimum atomic E-state index is 0.158. The van der Waals surface area contributed by atoms with Crippen LogP contribution in [0.1, 0.15) is 101 Å². The summed E-state index contributed by atoms with van der Waals surface area (Å²) < 4.78 is 4.72. The first-order chi connectivity index (χ1) is 23.6. The number of hydrogen-bond donors (Lipinski definition) is 0. The van der Waals surface area contributed by atoms with Gasteiger partial charge >= 0.3 is 0 Å². The van der Waals surface area contributed by atoms with Gasteiger partial charge in [0.25, 0.3) is 0 Å². The number of benzene rings is 1. The molecule has 0 saturated carbocycles. The SMILES string of the molecule is C/C=C\c1c2c(n(C3=CCC(C4=CCC(c5cccc(C#N)c5-n5c6c(c7c5C=CCC7)CCC=C6)C=C4)C=C3C#N)c1C)CCC=C2. The van der Waals surface area contributed by atoms with E-state index in [9.17, 15) is 10.5 Å². The maximum absolute atomic E-state index is 10.4. The van der Waals surface area contributed by atoms with Crippen LogP contribution in [0.2, 0.25) is 0 Å². The van der Waals surface area contributed by atoms with Crippen LogP contribution in [-0.4, -0.2) is 9.13 Å². The summed E-state index contributed by atoms with van der Waals surface area (Å²) in [5.74, 6) is 0.318. The monoisotopic (exact) mass is 624 g/mol. The van der Waals surface area contributed by atoms with E-state index in [1.165, 1.54) is 56.2 Å². The van der Waals surface area contributed by atoms with Crippen molar-refractivity contribution in [1.29, 1.82) is 10.5 Å². The van der Waals surface area contributed by atoms with E-state index in [4.69, 9.17) is 0 Å². The number of rotatable bonds is 5. The average molecular weight is 625 g/mol. The van der Waals surface area contributed by atoms with Gasteiger partial charge in [0.1, 0.15) is 12.1 Å². The fourth-order valence-corrected chi connectivity index (χ4v) is 8.64. The van der Waals surface area contributed by atoms with Crippen LogP contribution in [0.15, 0.2) is 84.0 Å². The van der Waals surface area contributed by atoms with Crippen LogP contribution < -0.4 is 0 Å². The molecule has 0 bridgehead atoms. The van der Waals surface area contributed by atoms with Crippen LogP contribution in [0.3, 0.4) is 0 Å². The zero-order valence-corrected chi connectivity index (χ0v) is 27.8. The van der Waals surface area contributed by atoms with Gasteiger partial charge in [0, 0.05) is 45.7 Å². The van der Waals surface area contributed by atoms with Gasteiger partial charge in [-0.1, -0.05) is 79.0 Å². The lowest BCUT2D eigenvalue weighted by Gasteiger charge is -2.27. The highest BCUT2D eigenvalue weighted by molar-refractivity contribution is 5.80. The molecule has 8 rings (SSSR count). The maximum atomic E-state index is 10.4. The Hall–Kier alpha value is -5.32. The third-order valence-corrected chi connectivity index (χ3v) is 10.8. The summed E-state index contributed by atoms with van der Waals surface area (Å²) in [5.41, 5.74) is 16.4. The lowest BCUT2D eigenvalue weighted by molar-refractivity contribution is 0.739. The first kappa shape index (κ1) is 30.0. The molecule has 0 aliphatic heterocycles. The summed E-state index contributed by atoms with van der Waals surface area (Å²) in [6, 6.07) is 11.3. The lowest BCUT2D eigenvalue weighted by atomic mass is 9.81. The van der Waals surface area contributed by atoms with Crippen LogP contribution in [0.4, 0.5) is 0 Å². The third-order valence-electron chi connectivity index (χ3n) is 10.8. The molecule has 2 unspecified atom stereocenters. The Labute approximate surface area is 284 Å². The van der Waals surface area contributed by atoms with Crippen LogP contribution in [0, 0.1) is 35.5 Å². The molecule has 236 valence electrons. The topological polar surface area (TPSA) is 57.4 Å². The second kappa shape index (κ2) is 12.4. The van der Waals surface area contributed by atoms with Gasteiger partial charge in [0.2, 0.25) is 0 Å². The van der Waals surface area contributed by atoms with Crippen molar-refractivity contribution in [1.82, 2.24) is 9.13 Å². The minimum absolute atomic E-state index is 0.158. The minimum Gasteiger partial charge on any atom is -0.316 e. The molecule has 0 N–H and O–H groups in total. The van der Waals surface area contributed by atoms with Crippen molar-refractivity contribution >= 4 is 30.0 Å². The van der Waals surface area contributed by atoms with E-state index in [0.717, 1.165) is 73.9 Å². The van der Waals surface area contributed by atoms with Crippen molar-refractivity contribution in [2.75, 3.05) is 0 Å². The predicted molar refractivity (Wildman–Crippen MR) is 197 cm³/mol. The van der Waals surface area contributed by atoms with E-state index in [-0.39, 0.29) is 11.8 Å². The molecule has 4 nitrogen and oxygen atoms in total. The van der Waals surface area contributed by atoms with Gasteiger partial charge in [0.15, 0.2) is 0 Å². The fraction of sp³-hybridized carbons (Fsp3) is 0.273. The summed E-state index contributed by atoms with van der Waals surface area (Å²) in [7, 11) is 0. The van der Waals surface area contributed by atoms with Crippen LogP contribution in [0.5, 0.6) is 0 Å². The molecule has 0 fully saturated rings. The predicted octanol–water partition coefficient (Wildman–Crippen LogP) is 10.4. The first-order valence-corrected chi connectivity index (χ1v) is 17.5. The van der Waals surface area contributed by atoms with Gasteiger partial charge in [-0.25, -0.2) is 0 Å². The van der Waals surface area contributed by atoms with Gasteiger partial charge < -0.3 is 9.13 Å². The van der Waals surface area contributed by atoms with E-state index in [1.54, 1.807) is 0 Å². The molecule has 5 aliphatic rings. The molecule has 1 aromatic carbocycles. The van der Waals surface area contributed by atoms with Crippen LogP contribution in [0.25, 0.3) is 35.7 Å². The Morgan fingerprint density at radius 2 is 1.54 bits per heavy atom. The van der Waals surface area contributed by atoms with Crippen molar-refractivity contribution in [2.45, 2.75) is 71.1 Å². The average Bonchev–Trinajstić information content (AvgIpc) is 3.62. The van der Waals surface area contributed by atoms with Crippen molar-refractivity contribution in [2.24, 2.45) is 5.92 Å². The van der Waals surface area contributed by atoms with Crippen LogP contribution in [-0.2, 0) is 19.3 Å². The molecule has 0 amide bonds. The first-order valence-electron chi connectivity index (χ1n) is 17.5. The Bertz CT molecular complexity index is 2140. The summed E-state index contributed by atoms with van der Waals surface area (Å²) >= 11 is 0. The summed E-state index contributed by atoms with van der Waals surface area (Å²) in [5, 5.41) is 20.7. The smallest absolute Gasteiger partial charge is 0.101 e. The van der Waals surface area contributed by atoms with Gasteiger partial charge in [0.05, 0.1) is 22.5 Å². The largest absolute Gasteiger partial charge is 0.316 e. The molecule has 4 heteroatoms. The van der Waals surface area contributed by atoms with Crippen molar-refractivity contribution in [3.63, 3.8) is 0 Å². The van der Waals surface area contributed by atoms with Gasteiger partial charge in [-0.05, 0) is 106 Å². The number of fused-ring (bicyclic) bond motifs is 4. The number of nitrogens with zero attached hydrogens (tertiary/aromatic N) is 4. The Kier molecular flexibility index (Phi) is 7.74. The molecule has 0 radical (unpaired) electrons. The number of nitriles is 2. The highest BCUT2D eigenvalue weighted by Gasteiger charge is 2.29. The van der Waals surface area contributed by atoms with E-state index in [2.05, 4.69) is 120 Å². The molecule has 2 heterocycles. The normalized spacial score (nSPS) is 20.8. The number of aromatic nitrogens is 2. The molecule has 2 atom stereocenters. The number of allylic oxidation sites excluding steroid dienone is 12. The molecule has 3 aromatic rings. The van der Waals surface area contributed by atoms with Gasteiger partial charge in [-0.15, -0.1) is 0 Å². The van der Waals surface area contributed by atoms with E-state index in [1.807, 2.05) is 12.1 Å². The van der Waals surface area contributed by atoms with E-state index >= 15 is 0 Å². The molecule has 0 saturated heterocycles. The standard InChI is InChI=1S/C44H40N4/c1-3-11-35-29(2)47(41-17-7-4-13-37(35)41)40-25-24-32(26-34(40)28-46)30-20-22-31(23-21-30)36-16-10-12-33(27-45)44(36)48-42-18-8-5-14-38(42)39-15-6-9-19-43(39)48/h3-4,8-13,16,18-22,25-26,31-32H,5-7,14-15,17,23-24H2,1-2H3/b11-3-. The van der Waals surface area contributed by atoms with Gasteiger partial charge in [-0.2, -0.15) is 10.5 Å². The lowest BCUT2D eigenvalue weighted by Crippen LogP contribution is -2.14. The second-order valence-electron chi connectivity index (χ2n) is 13.5. The number of para-hydroxylation sites is 1. The number of hydrogen-bond acceptors (Lipinski definition) is 2. The highest BCUT2D eigenvalue weighted by Crippen LogP contribution is 2.42. The van der Waals surface area contributed by atoms with E-state index < -0.39 is 0 Å². The van der Waals surface area contributed by atoms with Gasteiger partial charge in [-0.3, -0.25) is 0 Å². The second-order valence-corrected chi connectivity index (χ2v) is 13.5. The van der Waals surface area contributed by atoms with Crippen molar-refractivity contribution in [3.8, 4) is 17.8 Å². The summed E-state index contributed by atoms with van der Waals surface area (Å²) in [4.78, 5) is 0. The zero-order chi connectivity index (χ0) is 32.8. The summed E-state index contributed by atoms with van der Waals surface area (Å²) in [6.07, 6.45) is 37.3. The molecule has 48 heavy (non-hydrogen) atoms. The Morgan fingerprint density at radius 1 is 0.812 bits per heavy atom. The highest BCUT2D eigenvalue weighted by atomic mass is 15.0. The molecular formula is C44H40N4. The third kappa shape index (κ3) is 4.79. The van der Waals surface area contributed by atoms with Crippen molar-refractivity contribution in [3.05, 3.63) is 140 Å². The maximum Gasteiger partial charge on any atom is 0.101 e. The van der Waals surface area contributed by atoms with Crippen LogP contribution >= 0.6 is 0 Å². The Balaban J connectivity index is 1.11. The summed E-state index contributed by atoms with van der Waals surface area (Å²) in [6.45, 7) is 4.24. The Morgan fingerprint density at radius 3 is 2.23 bits per heavy atom. The van der Waals surface area contributed by atoms with E-state index in [0.29, 0.717) is 0 Å². The van der Waals surface area contributed by atoms with Crippen molar-refractivity contribution < 1.29 is 0 Å². The fourth-order valence-electron chi connectivity index (χ4n) is 8.64. The molecule has 0 spiro atoms. The molecule has 5 aliphatic carbocycles. The quantitative estimate of drug-likeness (QED) is 0.284. The molecular weight excluding hydrogens is 585 g/mol. The molecule has 2 aromatic heterocycles. The zero-order valence-electron chi connectivity index (χ0n) is 27.8.